The zero-order valence-corrected chi connectivity index (χ0v) is 12.9. The van der Waals surface area contributed by atoms with Gasteiger partial charge in [-0.1, -0.05) is 6.92 Å². The second-order valence-corrected chi connectivity index (χ2v) is 4.77. The lowest BCUT2D eigenvalue weighted by Crippen LogP contribution is -2.07. The first-order valence-electron chi connectivity index (χ1n) is 6.97. The van der Waals surface area contributed by atoms with Crippen molar-refractivity contribution in [3.63, 3.8) is 0 Å². The zero-order chi connectivity index (χ0) is 18.6. The maximum absolute atomic E-state index is 13.3. The van der Waals surface area contributed by atoms with Crippen LogP contribution in [-0.2, 0) is 11.2 Å². The summed E-state index contributed by atoms with van der Waals surface area (Å²) in [6, 6.07) is 4.56. The fraction of sp³-hybridized carbons (Fsp3) is 0.118. The molecule has 0 N–H and O–H groups in total. The van der Waals surface area contributed by atoms with Gasteiger partial charge < -0.3 is 9.47 Å². The number of rotatable bonds is 5. The molecule has 0 bridgehead atoms. The molecule has 0 aliphatic rings. The Morgan fingerprint density at radius 2 is 1.80 bits per heavy atom. The van der Waals surface area contributed by atoms with E-state index in [0.29, 0.717) is 6.07 Å². The van der Waals surface area contributed by atoms with Crippen molar-refractivity contribution in [1.29, 1.82) is 0 Å². The minimum atomic E-state index is -1.04. The molecule has 0 amide bonds. The van der Waals surface area contributed by atoms with Crippen molar-refractivity contribution in [3.8, 4) is 29.6 Å². The standard InChI is InChI=1S/C17H11F2NO5/c1-3-14-15(24-13-6-10(18)5-11(19)7-13)8-12(20(22)23)9-16(14)25-17(21)4-2/h2,5-9H,3H2,1H3. The fourth-order valence-corrected chi connectivity index (χ4v) is 2.09. The number of hydrogen-bond donors (Lipinski definition) is 0. The Labute approximate surface area is 141 Å². The maximum Gasteiger partial charge on any atom is 0.389 e. The van der Waals surface area contributed by atoms with E-state index >= 15 is 0 Å². The van der Waals surface area contributed by atoms with E-state index in [1.807, 2.05) is 0 Å². The Kier molecular flexibility index (Phi) is 5.29. The molecule has 0 unspecified atom stereocenters. The highest BCUT2D eigenvalue weighted by atomic mass is 19.1. The molecule has 6 nitrogen and oxygen atoms in total. The molecule has 0 atom stereocenters. The Morgan fingerprint density at radius 1 is 1.20 bits per heavy atom. The largest absolute Gasteiger partial charge is 0.456 e. The predicted molar refractivity (Wildman–Crippen MR) is 83.4 cm³/mol. The van der Waals surface area contributed by atoms with Gasteiger partial charge in [-0.2, -0.15) is 0 Å². The van der Waals surface area contributed by atoms with Crippen molar-refractivity contribution >= 4 is 11.7 Å². The van der Waals surface area contributed by atoms with E-state index in [4.69, 9.17) is 15.9 Å². The fourth-order valence-electron chi connectivity index (χ4n) is 2.09. The van der Waals surface area contributed by atoms with Gasteiger partial charge in [0.25, 0.3) is 5.69 Å². The number of esters is 1. The van der Waals surface area contributed by atoms with Gasteiger partial charge in [0, 0.05) is 29.7 Å². The molecule has 0 spiro atoms. The van der Waals surface area contributed by atoms with Crippen LogP contribution in [0.5, 0.6) is 17.2 Å². The summed E-state index contributed by atoms with van der Waals surface area (Å²) in [5.74, 6) is -1.52. The van der Waals surface area contributed by atoms with Crippen LogP contribution in [0.3, 0.4) is 0 Å². The van der Waals surface area contributed by atoms with E-state index in [2.05, 4.69) is 0 Å². The monoisotopic (exact) mass is 347 g/mol. The minimum absolute atomic E-state index is 0.0819. The molecule has 0 aliphatic carbocycles. The van der Waals surface area contributed by atoms with Crippen molar-refractivity contribution < 1.29 is 28.0 Å². The Balaban J connectivity index is 2.56. The molecule has 0 fully saturated rings. The Bertz CT molecular complexity index is 869. The first kappa shape index (κ1) is 17.9. The highest BCUT2D eigenvalue weighted by Gasteiger charge is 2.20. The van der Waals surface area contributed by atoms with Crippen LogP contribution in [-0.4, -0.2) is 10.9 Å². The summed E-state index contributed by atoms with van der Waals surface area (Å²) < 4.78 is 36.9. The molecular formula is C17H11F2NO5. The molecule has 0 aromatic heterocycles. The lowest BCUT2D eigenvalue weighted by Gasteiger charge is -2.14. The van der Waals surface area contributed by atoms with Crippen LogP contribution < -0.4 is 9.47 Å². The van der Waals surface area contributed by atoms with Crippen LogP contribution in [0.4, 0.5) is 14.5 Å². The number of hydrogen-bond acceptors (Lipinski definition) is 5. The van der Waals surface area contributed by atoms with E-state index in [9.17, 15) is 23.7 Å². The third-order valence-corrected chi connectivity index (χ3v) is 3.10. The van der Waals surface area contributed by atoms with E-state index < -0.39 is 28.2 Å². The average Bonchev–Trinajstić information content (AvgIpc) is 2.53. The molecule has 0 heterocycles. The number of nitro benzene ring substituents is 1. The van der Waals surface area contributed by atoms with Crippen molar-refractivity contribution in [2.45, 2.75) is 13.3 Å². The summed E-state index contributed by atoms with van der Waals surface area (Å²) in [6.07, 6.45) is 5.18. The van der Waals surface area contributed by atoms with Crippen LogP contribution in [0.15, 0.2) is 30.3 Å². The number of halogens is 2. The predicted octanol–water partition coefficient (Wildman–Crippen LogP) is 3.77. The van der Waals surface area contributed by atoms with Gasteiger partial charge in [0.2, 0.25) is 0 Å². The highest BCUT2D eigenvalue weighted by molar-refractivity contribution is 5.89. The number of non-ortho nitro benzene ring substituents is 1. The SMILES string of the molecule is C#CC(=O)Oc1cc([N+](=O)[O-])cc(Oc2cc(F)cc(F)c2)c1CC. The molecule has 0 saturated carbocycles. The smallest absolute Gasteiger partial charge is 0.389 e. The summed E-state index contributed by atoms with van der Waals surface area (Å²) in [6.45, 7) is 1.67. The van der Waals surface area contributed by atoms with Gasteiger partial charge in [0.1, 0.15) is 28.9 Å². The number of ether oxygens (including phenoxy) is 2. The Morgan fingerprint density at radius 3 is 2.32 bits per heavy atom. The molecule has 0 saturated heterocycles. The summed E-state index contributed by atoms with van der Waals surface area (Å²) in [5.41, 5.74) is -0.164. The number of nitrogens with zero attached hydrogens (tertiary/aromatic N) is 1. The van der Waals surface area contributed by atoms with Crippen LogP contribution in [0.25, 0.3) is 0 Å². The van der Waals surface area contributed by atoms with Gasteiger partial charge in [-0.25, -0.2) is 13.6 Å². The van der Waals surface area contributed by atoms with E-state index in [1.54, 1.807) is 12.8 Å². The van der Waals surface area contributed by atoms with Crippen molar-refractivity contribution in [2.75, 3.05) is 0 Å². The average molecular weight is 347 g/mol. The van der Waals surface area contributed by atoms with Crippen LogP contribution in [0.2, 0.25) is 0 Å². The number of carbonyl (C=O) groups excluding carboxylic acids is 1. The van der Waals surface area contributed by atoms with Gasteiger partial charge in [-0.05, 0) is 6.42 Å². The van der Waals surface area contributed by atoms with Crippen LogP contribution >= 0.6 is 0 Å². The van der Waals surface area contributed by atoms with Crippen LogP contribution in [0.1, 0.15) is 12.5 Å². The zero-order valence-electron chi connectivity index (χ0n) is 12.9. The molecule has 2 aromatic rings. The summed E-state index contributed by atoms with van der Waals surface area (Å²) in [4.78, 5) is 21.7. The maximum atomic E-state index is 13.3. The molecule has 2 aromatic carbocycles. The summed E-state index contributed by atoms with van der Waals surface area (Å²) >= 11 is 0. The normalized spacial score (nSPS) is 10.0. The van der Waals surface area contributed by atoms with Crippen molar-refractivity contribution in [1.82, 2.24) is 0 Å². The van der Waals surface area contributed by atoms with Crippen LogP contribution in [0, 0.1) is 34.1 Å². The minimum Gasteiger partial charge on any atom is -0.456 e. The first-order valence-corrected chi connectivity index (χ1v) is 6.97. The van der Waals surface area contributed by atoms with Gasteiger partial charge >= 0.3 is 5.97 Å². The molecule has 8 heteroatoms. The molecule has 0 aliphatic heterocycles. The third-order valence-electron chi connectivity index (χ3n) is 3.10. The third kappa shape index (κ3) is 4.29. The number of carbonyl (C=O) groups is 1. The number of terminal acetylenes is 1. The second-order valence-electron chi connectivity index (χ2n) is 4.77. The van der Waals surface area contributed by atoms with E-state index in [1.165, 1.54) is 0 Å². The Hall–Kier alpha value is -3.47. The lowest BCUT2D eigenvalue weighted by atomic mass is 10.1. The van der Waals surface area contributed by atoms with Gasteiger partial charge in [-0.3, -0.25) is 10.1 Å². The van der Waals surface area contributed by atoms with Gasteiger partial charge in [0.05, 0.1) is 17.1 Å². The van der Waals surface area contributed by atoms with Crippen molar-refractivity contribution in [2.24, 2.45) is 0 Å². The van der Waals surface area contributed by atoms with Crippen molar-refractivity contribution in [3.05, 3.63) is 57.6 Å². The second kappa shape index (κ2) is 7.40. The molecular weight excluding hydrogens is 336 g/mol. The topological polar surface area (TPSA) is 78.7 Å². The molecule has 0 radical (unpaired) electrons. The first-order chi connectivity index (χ1) is 11.8. The van der Waals surface area contributed by atoms with E-state index in [0.717, 1.165) is 24.3 Å². The summed E-state index contributed by atoms with van der Waals surface area (Å²) in [5, 5.41) is 11.1. The van der Waals surface area contributed by atoms with E-state index in [-0.39, 0.29) is 29.2 Å². The lowest BCUT2D eigenvalue weighted by molar-refractivity contribution is -0.385. The van der Waals surface area contributed by atoms with Gasteiger partial charge in [0.15, 0.2) is 0 Å². The molecule has 2 rings (SSSR count). The molecule has 25 heavy (non-hydrogen) atoms. The number of nitro groups is 1. The van der Waals surface area contributed by atoms with Gasteiger partial charge in [-0.15, -0.1) is 6.42 Å². The number of benzene rings is 2. The summed E-state index contributed by atoms with van der Waals surface area (Å²) in [7, 11) is 0. The quantitative estimate of drug-likeness (QED) is 0.205. The highest BCUT2D eigenvalue weighted by Crippen LogP contribution is 2.37. The molecule has 128 valence electrons.